The number of hydrogen-bond donors (Lipinski definition) is 0. The van der Waals surface area contributed by atoms with Crippen molar-refractivity contribution >= 4 is 23.5 Å². The Labute approximate surface area is 165 Å². The van der Waals surface area contributed by atoms with Crippen LogP contribution in [0.3, 0.4) is 0 Å². The average Bonchev–Trinajstić information content (AvgIpc) is 2.68. The highest BCUT2D eigenvalue weighted by Crippen LogP contribution is 2.20. The van der Waals surface area contributed by atoms with Crippen LogP contribution in [0, 0.1) is 6.92 Å². The number of rotatable bonds is 3. The van der Waals surface area contributed by atoms with Crippen molar-refractivity contribution in [1.29, 1.82) is 0 Å². The van der Waals surface area contributed by atoms with E-state index in [1.54, 1.807) is 33.9 Å². The van der Waals surface area contributed by atoms with Gasteiger partial charge in [0.2, 0.25) is 0 Å². The number of piperazine rings is 1. The molecule has 0 saturated carbocycles. The molecule has 6 heteroatoms. The Kier molecular flexibility index (Phi) is 6.01. The van der Waals surface area contributed by atoms with Gasteiger partial charge in [-0.25, -0.2) is 4.79 Å². The Balaban J connectivity index is 1.56. The van der Waals surface area contributed by atoms with E-state index in [1.165, 1.54) is 0 Å². The SMILES string of the molecule is Cc1ccc(C(=O)N2CCN(C(=O)N(C)Cc3ccccc3)CC2)c(Cl)c1. The van der Waals surface area contributed by atoms with Gasteiger partial charge in [-0.2, -0.15) is 0 Å². The second kappa shape index (κ2) is 8.44. The fourth-order valence-corrected chi connectivity index (χ4v) is 3.55. The molecule has 1 fully saturated rings. The summed E-state index contributed by atoms with van der Waals surface area (Å²) in [6.45, 7) is 4.57. The minimum atomic E-state index is -0.0789. The monoisotopic (exact) mass is 385 g/mol. The van der Waals surface area contributed by atoms with Gasteiger partial charge in [-0.3, -0.25) is 4.79 Å². The molecule has 27 heavy (non-hydrogen) atoms. The van der Waals surface area contributed by atoms with Crippen LogP contribution in [0.15, 0.2) is 48.5 Å². The molecule has 0 bridgehead atoms. The number of urea groups is 1. The first-order valence-electron chi connectivity index (χ1n) is 9.05. The molecule has 0 atom stereocenters. The molecule has 3 rings (SSSR count). The lowest BCUT2D eigenvalue weighted by molar-refractivity contribution is 0.0644. The third-order valence-electron chi connectivity index (χ3n) is 4.78. The van der Waals surface area contributed by atoms with Crippen molar-refractivity contribution in [3.8, 4) is 0 Å². The summed E-state index contributed by atoms with van der Waals surface area (Å²) in [5, 5.41) is 0.473. The summed E-state index contributed by atoms with van der Waals surface area (Å²) in [7, 11) is 1.80. The predicted octanol–water partition coefficient (Wildman–Crippen LogP) is 3.66. The van der Waals surface area contributed by atoms with Crippen molar-refractivity contribution in [3.63, 3.8) is 0 Å². The highest BCUT2D eigenvalue weighted by Gasteiger charge is 2.27. The maximum absolute atomic E-state index is 12.7. The zero-order chi connectivity index (χ0) is 19.4. The second-order valence-corrected chi connectivity index (χ2v) is 7.29. The van der Waals surface area contributed by atoms with E-state index in [9.17, 15) is 9.59 Å². The first-order valence-corrected chi connectivity index (χ1v) is 9.43. The molecule has 1 aliphatic rings. The Morgan fingerprint density at radius 2 is 1.63 bits per heavy atom. The molecule has 0 spiro atoms. The summed E-state index contributed by atoms with van der Waals surface area (Å²) in [5.74, 6) is -0.0789. The van der Waals surface area contributed by atoms with E-state index in [2.05, 4.69) is 0 Å². The molecule has 0 unspecified atom stereocenters. The largest absolute Gasteiger partial charge is 0.335 e. The number of halogens is 1. The molecule has 0 aliphatic carbocycles. The molecule has 0 N–H and O–H groups in total. The molecule has 3 amide bonds. The van der Waals surface area contributed by atoms with Gasteiger partial charge in [-0.1, -0.05) is 48.0 Å². The highest BCUT2D eigenvalue weighted by molar-refractivity contribution is 6.33. The van der Waals surface area contributed by atoms with Gasteiger partial charge < -0.3 is 14.7 Å². The number of amides is 3. The maximum atomic E-state index is 12.7. The Morgan fingerprint density at radius 3 is 2.26 bits per heavy atom. The van der Waals surface area contributed by atoms with Crippen molar-refractivity contribution in [2.24, 2.45) is 0 Å². The molecular weight excluding hydrogens is 362 g/mol. The van der Waals surface area contributed by atoms with E-state index in [4.69, 9.17) is 11.6 Å². The third-order valence-corrected chi connectivity index (χ3v) is 5.09. The number of carbonyl (C=O) groups is 2. The van der Waals surface area contributed by atoms with Gasteiger partial charge in [0, 0.05) is 39.8 Å². The molecule has 1 saturated heterocycles. The lowest BCUT2D eigenvalue weighted by atomic mass is 10.1. The first kappa shape index (κ1) is 19.2. The topological polar surface area (TPSA) is 43.9 Å². The van der Waals surface area contributed by atoms with Gasteiger partial charge in [0.05, 0.1) is 10.6 Å². The van der Waals surface area contributed by atoms with Gasteiger partial charge >= 0.3 is 6.03 Å². The van der Waals surface area contributed by atoms with E-state index < -0.39 is 0 Å². The van der Waals surface area contributed by atoms with E-state index >= 15 is 0 Å². The molecule has 142 valence electrons. The average molecular weight is 386 g/mol. The van der Waals surface area contributed by atoms with Crippen LogP contribution in [0.1, 0.15) is 21.5 Å². The molecule has 2 aromatic carbocycles. The molecule has 5 nitrogen and oxygen atoms in total. The Morgan fingerprint density at radius 1 is 1.00 bits per heavy atom. The number of hydrogen-bond acceptors (Lipinski definition) is 2. The summed E-state index contributed by atoms with van der Waals surface area (Å²) in [6.07, 6.45) is 0. The molecule has 2 aromatic rings. The lowest BCUT2D eigenvalue weighted by Gasteiger charge is -2.36. The molecular formula is C21H24ClN3O2. The fraction of sp³-hybridized carbons (Fsp3) is 0.333. The summed E-state index contributed by atoms with van der Waals surface area (Å²) >= 11 is 6.22. The summed E-state index contributed by atoms with van der Waals surface area (Å²) in [4.78, 5) is 30.6. The van der Waals surface area contributed by atoms with Crippen LogP contribution in [-0.4, -0.2) is 59.9 Å². The molecule has 1 aliphatic heterocycles. The van der Waals surface area contributed by atoms with E-state index in [0.717, 1.165) is 11.1 Å². The van der Waals surface area contributed by atoms with E-state index in [1.807, 2.05) is 43.3 Å². The number of aryl methyl sites for hydroxylation is 1. The van der Waals surface area contributed by atoms with Gasteiger partial charge in [0.15, 0.2) is 0 Å². The van der Waals surface area contributed by atoms with Gasteiger partial charge in [-0.15, -0.1) is 0 Å². The highest BCUT2D eigenvalue weighted by atomic mass is 35.5. The molecule has 0 radical (unpaired) electrons. The maximum Gasteiger partial charge on any atom is 0.320 e. The van der Waals surface area contributed by atoms with Crippen LogP contribution in [0.2, 0.25) is 5.02 Å². The number of nitrogens with zero attached hydrogens (tertiary/aromatic N) is 3. The van der Waals surface area contributed by atoms with Gasteiger partial charge in [0.25, 0.3) is 5.91 Å². The van der Waals surface area contributed by atoms with Crippen molar-refractivity contribution in [2.75, 3.05) is 33.2 Å². The fourth-order valence-electron chi connectivity index (χ4n) is 3.23. The summed E-state index contributed by atoms with van der Waals surface area (Å²) in [5.41, 5.74) is 2.63. The second-order valence-electron chi connectivity index (χ2n) is 6.89. The van der Waals surface area contributed by atoms with Crippen molar-refractivity contribution in [3.05, 3.63) is 70.2 Å². The quantitative estimate of drug-likeness (QED) is 0.809. The minimum absolute atomic E-state index is 0.0145. The third kappa shape index (κ3) is 4.61. The standard InChI is InChI=1S/C21H24ClN3O2/c1-16-8-9-18(19(22)14-16)20(26)24-10-12-25(13-11-24)21(27)23(2)15-17-6-4-3-5-7-17/h3-9,14H,10-13,15H2,1-2H3. The van der Waals surface area contributed by atoms with E-state index in [-0.39, 0.29) is 11.9 Å². The van der Waals surface area contributed by atoms with Crippen LogP contribution in [-0.2, 0) is 6.54 Å². The van der Waals surface area contributed by atoms with Crippen LogP contribution >= 0.6 is 11.6 Å². The van der Waals surface area contributed by atoms with Crippen molar-refractivity contribution in [1.82, 2.24) is 14.7 Å². The van der Waals surface area contributed by atoms with Crippen LogP contribution < -0.4 is 0 Å². The van der Waals surface area contributed by atoms with Crippen LogP contribution in [0.25, 0.3) is 0 Å². The number of benzene rings is 2. The minimum Gasteiger partial charge on any atom is -0.335 e. The number of carbonyl (C=O) groups excluding carboxylic acids is 2. The summed E-state index contributed by atoms with van der Waals surface area (Å²) in [6, 6.07) is 15.3. The van der Waals surface area contributed by atoms with Crippen molar-refractivity contribution < 1.29 is 9.59 Å². The molecule has 0 aromatic heterocycles. The van der Waals surface area contributed by atoms with E-state index in [0.29, 0.717) is 43.3 Å². The normalized spacial score (nSPS) is 14.2. The smallest absolute Gasteiger partial charge is 0.320 e. The van der Waals surface area contributed by atoms with Gasteiger partial charge in [-0.05, 0) is 30.2 Å². The first-order chi connectivity index (χ1) is 13.0. The predicted molar refractivity (Wildman–Crippen MR) is 107 cm³/mol. The Hall–Kier alpha value is -2.53. The van der Waals surface area contributed by atoms with Crippen LogP contribution in [0.5, 0.6) is 0 Å². The zero-order valence-corrected chi connectivity index (χ0v) is 16.4. The summed E-state index contributed by atoms with van der Waals surface area (Å²) < 4.78 is 0. The lowest BCUT2D eigenvalue weighted by Crippen LogP contribution is -2.53. The van der Waals surface area contributed by atoms with Crippen LogP contribution in [0.4, 0.5) is 4.79 Å². The molecule has 1 heterocycles. The Bertz CT molecular complexity index is 817. The van der Waals surface area contributed by atoms with Crippen molar-refractivity contribution in [2.45, 2.75) is 13.5 Å². The van der Waals surface area contributed by atoms with Gasteiger partial charge in [0.1, 0.15) is 0 Å². The zero-order valence-electron chi connectivity index (χ0n) is 15.7.